The molecule has 1 N–H and O–H groups in total. The Morgan fingerprint density at radius 1 is 1.25 bits per heavy atom. The van der Waals surface area contributed by atoms with Gasteiger partial charge in [-0.15, -0.1) is 0 Å². The SMILES string of the molecule is CCC(NC(C)C(C)OCc1ccccc1)C(=O)N1CCOCC1. The Labute approximate surface area is 145 Å². The number of carbonyl (C=O) groups excluding carboxylic acids is 1. The molecule has 1 aliphatic heterocycles. The second-order valence-corrected chi connectivity index (χ2v) is 6.36. The van der Waals surface area contributed by atoms with Gasteiger partial charge in [0, 0.05) is 19.1 Å². The molecule has 5 heteroatoms. The fraction of sp³-hybridized carbons (Fsp3) is 0.632. The van der Waals surface area contributed by atoms with E-state index in [1.165, 1.54) is 0 Å². The van der Waals surface area contributed by atoms with E-state index in [2.05, 4.69) is 24.4 Å². The van der Waals surface area contributed by atoms with Gasteiger partial charge in [-0.05, 0) is 25.8 Å². The maximum Gasteiger partial charge on any atom is 0.239 e. The van der Waals surface area contributed by atoms with E-state index < -0.39 is 0 Å². The molecule has 0 bridgehead atoms. The third-order valence-electron chi connectivity index (χ3n) is 4.55. The number of nitrogens with zero attached hydrogens (tertiary/aromatic N) is 1. The zero-order valence-electron chi connectivity index (χ0n) is 15.0. The van der Waals surface area contributed by atoms with Gasteiger partial charge in [0.25, 0.3) is 0 Å². The number of amides is 1. The topological polar surface area (TPSA) is 50.8 Å². The van der Waals surface area contributed by atoms with Crippen LogP contribution in [0, 0.1) is 0 Å². The second-order valence-electron chi connectivity index (χ2n) is 6.36. The van der Waals surface area contributed by atoms with E-state index in [1.807, 2.05) is 36.9 Å². The molecule has 0 spiro atoms. The molecule has 24 heavy (non-hydrogen) atoms. The first-order valence-electron chi connectivity index (χ1n) is 8.90. The molecule has 0 radical (unpaired) electrons. The number of hydrogen-bond donors (Lipinski definition) is 1. The number of rotatable bonds is 8. The molecule has 1 aliphatic rings. The van der Waals surface area contributed by atoms with Gasteiger partial charge in [0.1, 0.15) is 0 Å². The van der Waals surface area contributed by atoms with E-state index in [9.17, 15) is 4.79 Å². The number of nitrogens with one attached hydrogen (secondary N) is 1. The summed E-state index contributed by atoms with van der Waals surface area (Å²) in [7, 11) is 0. The van der Waals surface area contributed by atoms with Crippen molar-refractivity contribution in [3.05, 3.63) is 35.9 Å². The van der Waals surface area contributed by atoms with Crippen LogP contribution < -0.4 is 5.32 Å². The predicted molar refractivity (Wildman–Crippen MR) is 94.8 cm³/mol. The first-order valence-corrected chi connectivity index (χ1v) is 8.90. The third-order valence-corrected chi connectivity index (χ3v) is 4.55. The van der Waals surface area contributed by atoms with Crippen LogP contribution in [0.3, 0.4) is 0 Å². The highest BCUT2D eigenvalue weighted by atomic mass is 16.5. The lowest BCUT2D eigenvalue weighted by atomic mass is 10.1. The van der Waals surface area contributed by atoms with Gasteiger partial charge in [-0.2, -0.15) is 0 Å². The summed E-state index contributed by atoms with van der Waals surface area (Å²) < 4.78 is 11.3. The van der Waals surface area contributed by atoms with Crippen LogP contribution in [0.1, 0.15) is 32.8 Å². The van der Waals surface area contributed by atoms with Crippen molar-refractivity contribution in [2.45, 2.75) is 52.0 Å². The van der Waals surface area contributed by atoms with Crippen molar-refractivity contribution in [3.63, 3.8) is 0 Å². The summed E-state index contributed by atoms with van der Waals surface area (Å²) in [4.78, 5) is 14.5. The molecular formula is C19H30N2O3. The first-order chi connectivity index (χ1) is 11.6. The number of hydrogen-bond acceptors (Lipinski definition) is 4. The number of morpholine rings is 1. The maximum absolute atomic E-state index is 12.6. The van der Waals surface area contributed by atoms with Gasteiger partial charge in [-0.1, -0.05) is 37.3 Å². The Morgan fingerprint density at radius 2 is 1.92 bits per heavy atom. The lowest BCUT2D eigenvalue weighted by molar-refractivity contribution is -0.138. The van der Waals surface area contributed by atoms with Crippen molar-refractivity contribution in [1.82, 2.24) is 10.2 Å². The molecule has 2 rings (SSSR count). The van der Waals surface area contributed by atoms with Crippen molar-refractivity contribution >= 4 is 5.91 Å². The summed E-state index contributed by atoms with van der Waals surface area (Å²) in [6.07, 6.45) is 0.795. The molecule has 1 amide bonds. The number of ether oxygens (including phenoxy) is 2. The van der Waals surface area contributed by atoms with Crippen LogP contribution in [0.4, 0.5) is 0 Å². The summed E-state index contributed by atoms with van der Waals surface area (Å²) in [5.41, 5.74) is 1.16. The smallest absolute Gasteiger partial charge is 0.239 e. The van der Waals surface area contributed by atoms with Crippen molar-refractivity contribution in [2.24, 2.45) is 0 Å². The van der Waals surface area contributed by atoms with Crippen LogP contribution in [0.25, 0.3) is 0 Å². The Hall–Kier alpha value is -1.43. The molecule has 1 heterocycles. The van der Waals surface area contributed by atoms with E-state index in [1.54, 1.807) is 0 Å². The summed E-state index contributed by atoms with van der Waals surface area (Å²) >= 11 is 0. The van der Waals surface area contributed by atoms with Crippen LogP contribution in [0.2, 0.25) is 0 Å². The van der Waals surface area contributed by atoms with Crippen LogP contribution >= 0.6 is 0 Å². The minimum atomic E-state index is -0.166. The summed E-state index contributed by atoms with van der Waals surface area (Å²) in [6, 6.07) is 10.1. The molecule has 0 saturated carbocycles. The standard InChI is InChI=1S/C19H30N2O3/c1-4-18(19(22)21-10-12-23-13-11-21)20-15(2)16(3)24-14-17-8-6-5-7-9-17/h5-9,15-16,18,20H,4,10-14H2,1-3H3. The quantitative estimate of drug-likeness (QED) is 0.792. The average molecular weight is 334 g/mol. The van der Waals surface area contributed by atoms with Crippen LogP contribution in [0.15, 0.2) is 30.3 Å². The molecule has 1 aromatic rings. The van der Waals surface area contributed by atoms with Gasteiger partial charge < -0.3 is 19.7 Å². The molecule has 1 fully saturated rings. The lowest BCUT2D eigenvalue weighted by Gasteiger charge is -2.32. The van der Waals surface area contributed by atoms with Crippen molar-refractivity contribution in [3.8, 4) is 0 Å². The predicted octanol–water partition coefficient (Wildman–Crippen LogP) is 2.21. The highest BCUT2D eigenvalue weighted by Crippen LogP contribution is 2.09. The first kappa shape index (κ1) is 18.9. The Morgan fingerprint density at radius 3 is 2.54 bits per heavy atom. The number of benzene rings is 1. The highest BCUT2D eigenvalue weighted by Gasteiger charge is 2.27. The molecular weight excluding hydrogens is 304 g/mol. The average Bonchev–Trinajstić information content (AvgIpc) is 2.64. The maximum atomic E-state index is 12.6. The van der Waals surface area contributed by atoms with Gasteiger partial charge in [0.15, 0.2) is 0 Å². The monoisotopic (exact) mass is 334 g/mol. The Bertz CT molecular complexity index is 489. The normalized spacial score (nSPS) is 18.9. The van der Waals surface area contributed by atoms with E-state index in [-0.39, 0.29) is 24.1 Å². The van der Waals surface area contributed by atoms with Crippen molar-refractivity contribution in [2.75, 3.05) is 26.3 Å². The fourth-order valence-corrected chi connectivity index (χ4v) is 2.77. The Kier molecular flexibility index (Phi) is 7.69. The van der Waals surface area contributed by atoms with E-state index in [4.69, 9.17) is 9.47 Å². The molecule has 5 nitrogen and oxygen atoms in total. The third kappa shape index (κ3) is 5.58. The molecule has 0 aliphatic carbocycles. The van der Waals surface area contributed by atoms with Crippen molar-refractivity contribution < 1.29 is 14.3 Å². The van der Waals surface area contributed by atoms with Gasteiger partial charge in [-0.3, -0.25) is 4.79 Å². The molecule has 3 unspecified atom stereocenters. The molecule has 1 saturated heterocycles. The van der Waals surface area contributed by atoms with E-state index in [0.717, 1.165) is 12.0 Å². The zero-order chi connectivity index (χ0) is 17.4. The minimum absolute atomic E-state index is 0.0248. The summed E-state index contributed by atoms with van der Waals surface area (Å²) in [5, 5.41) is 3.44. The van der Waals surface area contributed by atoms with Crippen molar-refractivity contribution in [1.29, 1.82) is 0 Å². The largest absolute Gasteiger partial charge is 0.378 e. The summed E-state index contributed by atoms with van der Waals surface area (Å²) in [5.74, 6) is 0.169. The summed E-state index contributed by atoms with van der Waals surface area (Å²) in [6.45, 7) is 9.39. The molecule has 1 aromatic carbocycles. The van der Waals surface area contributed by atoms with Gasteiger partial charge in [-0.25, -0.2) is 0 Å². The minimum Gasteiger partial charge on any atom is -0.378 e. The Balaban J connectivity index is 1.81. The molecule has 3 atom stereocenters. The van der Waals surface area contributed by atoms with Crippen LogP contribution in [-0.2, 0) is 20.9 Å². The van der Waals surface area contributed by atoms with Gasteiger partial charge in [0.05, 0.1) is 32.0 Å². The van der Waals surface area contributed by atoms with E-state index in [0.29, 0.717) is 32.9 Å². The fourth-order valence-electron chi connectivity index (χ4n) is 2.77. The highest BCUT2D eigenvalue weighted by molar-refractivity contribution is 5.82. The second kappa shape index (κ2) is 9.77. The van der Waals surface area contributed by atoms with Gasteiger partial charge >= 0.3 is 0 Å². The van der Waals surface area contributed by atoms with Gasteiger partial charge in [0.2, 0.25) is 5.91 Å². The lowest BCUT2D eigenvalue weighted by Crippen LogP contribution is -2.53. The molecule has 134 valence electrons. The van der Waals surface area contributed by atoms with Crippen LogP contribution in [-0.4, -0.2) is 55.3 Å². The number of carbonyl (C=O) groups is 1. The molecule has 0 aromatic heterocycles. The zero-order valence-corrected chi connectivity index (χ0v) is 15.0. The van der Waals surface area contributed by atoms with Crippen LogP contribution in [0.5, 0.6) is 0 Å². The van der Waals surface area contributed by atoms with E-state index >= 15 is 0 Å².